The van der Waals surface area contributed by atoms with Crippen LogP contribution < -0.4 is 10.1 Å². The van der Waals surface area contributed by atoms with Crippen molar-refractivity contribution in [1.29, 1.82) is 0 Å². The van der Waals surface area contributed by atoms with Crippen molar-refractivity contribution >= 4 is 22.5 Å². The van der Waals surface area contributed by atoms with Crippen molar-refractivity contribution in [2.45, 2.75) is 31.1 Å². The van der Waals surface area contributed by atoms with Crippen LogP contribution in [0.3, 0.4) is 0 Å². The quantitative estimate of drug-likeness (QED) is 0.405. The molecule has 1 aromatic carbocycles. The summed E-state index contributed by atoms with van der Waals surface area (Å²) in [5, 5.41) is 13.7. The Bertz CT molecular complexity index is 1540. The van der Waals surface area contributed by atoms with Crippen LogP contribution in [0.5, 0.6) is 5.88 Å². The van der Waals surface area contributed by atoms with E-state index in [0.717, 1.165) is 10.7 Å². The number of halogens is 6. The minimum atomic E-state index is -4.60. The molecule has 1 atom stereocenters. The number of rotatable bonds is 5. The summed E-state index contributed by atoms with van der Waals surface area (Å²) in [5.74, 6) is -5.20. The van der Waals surface area contributed by atoms with Crippen LogP contribution in [0, 0.1) is 5.82 Å². The molecule has 4 heterocycles. The summed E-state index contributed by atoms with van der Waals surface area (Å²) in [6.07, 6.45) is -3.73. The van der Waals surface area contributed by atoms with Gasteiger partial charge in [-0.3, -0.25) is 0 Å². The van der Waals surface area contributed by atoms with Crippen molar-refractivity contribution in [2.75, 3.05) is 32.5 Å². The van der Waals surface area contributed by atoms with Crippen LogP contribution in [-0.4, -0.2) is 79.8 Å². The molecule has 0 saturated carbocycles. The molecule has 36 heavy (non-hydrogen) atoms. The van der Waals surface area contributed by atoms with Gasteiger partial charge >= 0.3 is 6.18 Å². The number of nitrogens with zero attached hydrogens (tertiary/aromatic N) is 7. The first-order chi connectivity index (χ1) is 18.1. The van der Waals surface area contributed by atoms with Crippen molar-refractivity contribution < 1.29 is 35.2 Å². The zero-order valence-corrected chi connectivity index (χ0v) is 18.5. The van der Waals surface area contributed by atoms with Crippen LogP contribution >= 0.6 is 0 Å². The highest BCUT2D eigenvalue weighted by Gasteiger charge is 2.44. The second-order valence-electron chi connectivity index (χ2n) is 8.54. The second-order valence-corrected chi connectivity index (χ2v) is 8.54. The number of piperidine rings is 1. The van der Waals surface area contributed by atoms with Crippen molar-refractivity contribution in [3.63, 3.8) is 0 Å². The summed E-state index contributed by atoms with van der Waals surface area (Å²) in [6.45, 7) is -1.63. The molecule has 4 aromatic rings. The van der Waals surface area contributed by atoms with Gasteiger partial charge in [0.05, 0.1) is 41.0 Å². The third kappa shape index (κ3) is 4.38. The largest absolute Gasteiger partial charge is 0.479 e. The molecular formula is C21H20F6N8O. The van der Waals surface area contributed by atoms with Crippen LogP contribution in [0.25, 0.3) is 27.7 Å². The van der Waals surface area contributed by atoms with Gasteiger partial charge in [0.25, 0.3) is 5.92 Å². The van der Waals surface area contributed by atoms with E-state index < -0.39 is 55.9 Å². The van der Waals surface area contributed by atoms with Gasteiger partial charge in [-0.15, -0.1) is 10.2 Å². The lowest BCUT2D eigenvalue weighted by Crippen LogP contribution is -2.53. The molecule has 0 unspecified atom stereocenters. The predicted molar refractivity (Wildman–Crippen MR) is 117 cm³/mol. The zero-order valence-electron chi connectivity index (χ0n) is 21.5. The minimum Gasteiger partial charge on any atom is -0.479 e. The van der Waals surface area contributed by atoms with Crippen molar-refractivity contribution in [2.24, 2.45) is 0 Å². The van der Waals surface area contributed by atoms with Crippen molar-refractivity contribution in [3.05, 3.63) is 30.2 Å². The Morgan fingerprint density at radius 3 is 2.83 bits per heavy atom. The molecule has 0 bridgehead atoms. The molecule has 5 rings (SSSR count). The summed E-state index contributed by atoms with van der Waals surface area (Å²) in [7, 11) is -1.52. The first-order valence-electron chi connectivity index (χ1n) is 12.1. The van der Waals surface area contributed by atoms with E-state index in [4.69, 9.17) is 8.85 Å². The van der Waals surface area contributed by atoms with Crippen LogP contribution in [0.4, 0.5) is 32.3 Å². The maximum absolute atomic E-state index is 15.3. The van der Waals surface area contributed by atoms with Gasteiger partial charge < -0.3 is 15.0 Å². The van der Waals surface area contributed by atoms with Gasteiger partial charge in [-0.05, 0) is 31.2 Å². The molecule has 1 aliphatic rings. The third-order valence-corrected chi connectivity index (χ3v) is 5.87. The van der Waals surface area contributed by atoms with E-state index in [1.807, 2.05) is 0 Å². The Hall–Kier alpha value is -3.62. The average Bonchev–Trinajstić information content (AvgIpc) is 3.32. The van der Waals surface area contributed by atoms with Crippen LogP contribution in [0.15, 0.2) is 24.4 Å². The highest BCUT2D eigenvalue weighted by atomic mass is 19.4. The Morgan fingerprint density at radius 1 is 1.31 bits per heavy atom. The monoisotopic (exact) mass is 517 g/mol. The normalized spacial score (nSPS) is 20.3. The number of benzene rings is 1. The van der Waals surface area contributed by atoms with Gasteiger partial charge in [0, 0.05) is 6.54 Å². The van der Waals surface area contributed by atoms with Crippen LogP contribution in [0.2, 0.25) is 0 Å². The number of hydrogen-bond donors (Lipinski definition) is 1. The van der Waals surface area contributed by atoms with E-state index in [9.17, 15) is 22.0 Å². The Labute approximate surface area is 203 Å². The topological polar surface area (TPSA) is 85.4 Å². The number of fused-ring (bicyclic) bond motifs is 2. The molecule has 1 fully saturated rings. The highest BCUT2D eigenvalue weighted by molar-refractivity contribution is 5.89. The number of anilines is 1. The van der Waals surface area contributed by atoms with Gasteiger partial charge in [0.2, 0.25) is 11.8 Å². The summed E-state index contributed by atoms with van der Waals surface area (Å²) in [6, 6.07) is 2.47. The fourth-order valence-corrected chi connectivity index (χ4v) is 4.28. The van der Waals surface area contributed by atoms with Gasteiger partial charge in [0.1, 0.15) is 17.6 Å². The van der Waals surface area contributed by atoms with Crippen molar-refractivity contribution in [1.82, 2.24) is 34.5 Å². The lowest BCUT2D eigenvalue weighted by molar-refractivity contribution is -0.142. The molecule has 0 spiro atoms. The van der Waals surface area contributed by atoms with E-state index in [2.05, 4.69) is 25.7 Å². The number of hydrogen-bond acceptors (Lipinski definition) is 7. The highest BCUT2D eigenvalue weighted by Crippen LogP contribution is 2.36. The van der Waals surface area contributed by atoms with Crippen LogP contribution in [0.1, 0.15) is 10.5 Å². The van der Waals surface area contributed by atoms with E-state index in [1.54, 1.807) is 7.05 Å². The molecule has 9 nitrogen and oxygen atoms in total. The molecule has 192 valence electrons. The number of methoxy groups -OCH3 is 1. The van der Waals surface area contributed by atoms with Gasteiger partial charge in [-0.2, -0.15) is 18.2 Å². The lowest BCUT2D eigenvalue weighted by atomic mass is 10.0. The smallest absolute Gasteiger partial charge is 0.408 e. The average molecular weight is 517 g/mol. The first kappa shape index (κ1) is 20.6. The molecule has 1 saturated heterocycles. The third-order valence-electron chi connectivity index (χ3n) is 5.87. The molecule has 1 N–H and O–H groups in total. The standard InChI is InChI=1S/C21H20F6N8O/c1-33-6-5-15(20(23,24)9-33)28-19-29-18(36-2)17-16(12(22)8-34(17)31-19)11-3-4-13-14(7-11)35(32-30-13)10-21(25,26)27/h3-4,7-8,15H,5-6,9-10H2,1-2H3,(H,28,31)/t15-/m1/s1/i2D3. The number of nitrogens with one attached hydrogen (secondary N) is 1. The van der Waals surface area contributed by atoms with Crippen LogP contribution in [-0.2, 0) is 6.54 Å². The minimum absolute atomic E-state index is 0.0192. The molecule has 0 amide bonds. The summed E-state index contributed by atoms with van der Waals surface area (Å²) in [4.78, 5) is 5.42. The number of alkyl halides is 5. The Balaban J connectivity index is 1.62. The summed E-state index contributed by atoms with van der Waals surface area (Å²) < 4.78 is 112. The second kappa shape index (κ2) is 8.50. The zero-order chi connectivity index (χ0) is 28.3. The van der Waals surface area contributed by atoms with E-state index in [1.165, 1.54) is 23.1 Å². The maximum atomic E-state index is 15.3. The fraction of sp³-hybridized carbons (Fsp3) is 0.429. The van der Waals surface area contributed by atoms with E-state index in [0.29, 0.717) is 11.2 Å². The van der Waals surface area contributed by atoms with Crippen molar-refractivity contribution in [3.8, 4) is 17.0 Å². The number of ether oxygens (including phenoxy) is 1. The Morgan fingerprint density at radius 2 is 2.11 bits per heavy atom. The number of aromatic nitrogens is 6. The number of likely N-dealkylation sites (tertiary alicyclic amines) is 1. The molecule has 15 heteroatoms. The lowest BCUT2D eigenvalue weighted by Gasteiger charge is -2.36. The fourth-order valence-electron chi connectivity index (χ4n) is 4.28. The first-order valence-corrected chi connectivity index (χ1v) is 10.6. The van der Waals surface area contributed by atoms with Gasteiger partial charge in [-0.1, -0.05) is 11.3 Å². The summed E-state index contributed by atoms with van der Waals surface area (Å²) >= 11 is 0. The summed E-state index contributed by atoms with van der Waals surface area (Å²) in [5.41, 5.74) is -0.501. The molecule has 0 aliphatic carbocycles. The molecular weight excluding hydrogens is 494 g/mol. The molecule has 3 aromatic heterocycles. The van der Waals surface area contributed by atoms with E-state index >= 15 is 4.39 Å². The molecule has 0 radical (unpaired) electrons. The molecule has 1 aliphatic heterocycles. The maximum Gasteiger partial charge on any atom is 0.408 e. The van der Waals surface area contributed by atoms with Gasteiger partial charge in [-0.25, -0.2) is 22.4 Å². The Kier molecular flexibility index (Phi) is 4.85. The SMILES string of the molecule is [2H]C([2H])([2H])Oc1nc(N[C@@H]2CCN(C)CC2(F)F)nn2cc(F)c(-c3ccc4nnn(CC(F)(F)F)c4c3)c12. The predicted octanol–water partition coefficient (Wildman–Crippen LogP) is 3.60. The van der Waals surface area contributed by atoms with Gasteiger partial charge in [0.15, 0.2) is 5.82 Å². The van der Waals surface area contributed by atoms with E-state index in [-0.39, 0.29) is 34.1 Å².